The molecule has 1 aliphatic carbocycles. The van der Waals surface area contributed by atoms with Gasteiger partial charge in [0.25, 0.3) is 0 Å². The summed E-state index contributed by atoms with van der Waals surface area (Å²) in [7, 11) is -3.83. The van der Waals surface area contributed by atoms with E-state index in [2.05, 4.69) is 20.7 Å². The Balaban J connectivity index is 2.16. The smallest absolute Gasteiger partial charge is 0.336 e. The maximum absolute atomic E-state index is 12.0. The lowest BCUT2D eigenvalue weighted by atomic mass is 10.2. The van der Waals surface area contributed by atoms with Crippen molar-refractivity contribution in [3.05, 3.63) is 28.2 Å². The largest absolute Gasteiger partial charge is 0.478 e. The highest BCUT2D eigenvalue weighted by Crippen LogP contribution is 2.32. The first-order chi connectivity index (χ1) is 9.31. The number of aromatic carboxylic acids is 1. The van der Waals surface area contributed by atoms with Crippen LogP contribution >= 0.6 is 15.9 Å². The quantitative estimate of drug-likeness (QED) is 0.704. The molecule has 0 bridgehead atoms. The molecule has 0 heterocycles. The predicted molar refractivity (Wildman–Crippen MR) is 75.0 cm³/mol. The van der Waals surface area contributed by atoms with Crippen molar-refractivity contribution in [2.45, 2.75) is 23.8 Å². The molecule has 2 rings (SSSR count). The Bertz CT molecular complexity index is 627. The van der Waals surface area contributed by atoms with Gasteiger partial charge in [-0.1, -0.05) is 0 Å². The van der Waals surface area contributed by atoms with Crippen LogP contribution in [0.25, 0.3) is 0 Å². The van der Waals surface area contributed by atoms with Crippen molar-refractivity contribution in [2.75, 3.05) is 6.54 Å². The molecule has 1 aliphatic rings. The summed E-state index contributed by atoms with van der Waals surface area (Å²) < 4.78 is 26.7. The van der Waals surface area contributed by atoms with Gasteiger partial charge < -0.3 is 10.2 Å². The minimum Gasteiger partial charge on any atom is -0.478 e. The van der Waals surface area contributed by atoms with Crippen LogP contribution in [-0.2, 0) is 10.0 Å². The molecule has 1 saturated carbocycles. The van der Waals surface area contributed by atoms with Crippen LogP contribution in [0.4, 0.5) is 0 Å². The Morgan fingerprint density at radius 3 is 2.65 bits per heavy atom. The van der Waals surface area contributed by atoms with Gasteiger partial charge in [0.2, 0.25) is 10.0 Å². The van der Waals surface area contributed by atoms with Gasteiger partial charge in [0.05, 0.1) is 16.6 Å². The summed E-state index contributed by atoms with van der Waals surface area (Å²) in [6.07, 6.45) is 1.12. The standard InChI is InChI=1S/C12H14BrNO5S/c13-10-4-3-8(5-9(10)12(16)17)20(18,19)14-6-11(15)7-1-2-7/h3-5,7,11,14-15H,1-2,6H2,(H,16,17). The van der Waals surface area contributed by atoms with Crippen molar-refractivity contribution < 1.29 is 23.4 Å². The van der Waals surface area contributed by atoms with Crippen molar-refractivity contribution >= 4 is 31.9 Å². The number of carbonyl (C=O) groups is 1. The van der Waals surface area contributed by atoms with Gasteiger partial charge in [-0.3, -0.25) is 0 Å². The van der Waals surface area contributed by atoms with Gasteiger partial charge in [0.15, 0.2) is 0 Å². The van der Waals surface area contributed by atoms with Gasteiger partial charge in [-0.15, -0.1) is 0 Å². The number of hydrogen-bond acceptors (Lipinski definition) is 4. The first-order valence-corrected chi connectivity index (χ1v) is 8.29. The van der Waals surface area contributed by atoms with Crippen molar-refractivity contribution in [1.29, 1.82) is 0 Å². The molecule has 0 amide bonds. The molecule has 1 unspecified atom stereocenters. The summed E-state index contributed by atoms with van der Waals surface area (Å²) in [6.45, 7) is -0.0640. The van der Waals surface area contributed by atoms with Crippen molar-refractivity contribution in [2.24, 2.45) is 5.92 Å². The summed E-state index contributed by atoms with van der Waals surface area (Å²) in [6, 6.07) is 3.76. The van der Waals surface area contributed by atoms with E-state index in [4.69, 9.17) is 5.11 Å². The lowest BCUT2D eigenvalue weighted by molar-refractivity contribution is 0.0695. The zero-order valence-corrected chi connectivity index (χ0v) is 12.8. The number of halogens is 1. The Morgan fingerprint density at radius 1 is 1.45 bits per heavy atom. The third-order valence-corrected chi connectivity index (χ3v) is 5.24. The van der Waals surface area contributed by atoms with E-state index in [1.165, 1.54) is 12.1 Å². The highest BCUT2D eigenvalue weighted by molar-refractivity contribution is 9.10. The fraction of sp³-hybridized carbons (Fsp3) is 0.417. The average Bonchev–Trinajstić information content (AvgIpc) is 3.20. The van der Waals surface area contributed by atoms with E-state index in [1.807, 2.05) is 0 Å². The molecular weight excluding hydrogens is 350 g/mol. The Labute approximate surface area is 125 Å². The third kappa shape index (κ3) is 3.57. The van der Waals surface area contributed by atoms with Gasteiger partial charge in [-0.25, -0.2) is 17.9 Å². The number of sulfonamides is 1. The van der Waals surface area contributed by atoms with Crippen LogP contribution in [0.15, 0.2) is 27.6 Å². The zero-order valence-electron chi connectivity index (χ0n) is 10.4. The van der Waals surface area contributed by atoms with Crippen LogP contribution in [0.3, 0.4) is 0 Å². The topological polar surface area (TPSA) is 104 Å². The molecule has 8 heteroatoms. The average molecular weight is 364 g/mol. The summed E-state index contributed by atoms with van der Waals surface area (Å²) in [5.74, 6) is -1.05. The Kier molecular flexibility index (Phi) is 4.48. The van der Waals surface area contributed by atoms with Crippen molar-refractivity contribution in [3.63, 3.8) is 0 Å². The van der Waals surface area contributed by atoms with Crippen molar-refractivity contribution in [3.8, 4) is 0 Å². The maximum atomic E-state index is 12.0. The highest BCUT2D eigenvalue weighted by atomic mass is 79.9. The van der Waals surface area contributed by atoms with Crippen LogP contribution in [0.2, 0.25) is 0 Å². The van der Waals surface area contributed by atoms with Crippen LogP contribution in [0, 0.1) is 5.92 Å². The summed E-state index contributed by atoms with van der Waals surface area (Å²) in [4.78, 5) is 10.8. The number of rotatable bonds is 6. The van der Waals surface area contributed by atoms with Crippen LogP contribution in [0.1, 0.15) is 23.2 Å². The monoisotopic (exact) mass is 363 g/mol. The molecule has 0 saturated heterocycles. The molecule has 0 spiro atoms. The fourth-order valence-corrected chi connectivity index (χ4v) is 3.25. The van der Waals surface area contributed by atoms with Gasteiger partial charge >= 0.3 is 5.97 Å². The number of aliphatic hydroxyl groups is 1. The fourth-order valence-electron chi connectivity index (χ4n) is 1.76. The second-order valence-corrected chi connectivity index (χ2v) is 7.32. The second-order valence-electron chi connectivity index (χ2n) is 4.70. The van der Waals surface area contributed by atoms with E-state index in [0.717, 1.165) is 18.9 Å². The van der Waals surface area contributed by atoms with E-state index >= 15 is 0 Å². The van der Waals surface area contributed by atoms with E-state index < -0.39 is 22.1 Å². The maximum Gasteiger partial charge on any atom is 0.336 e. The molecule has 1 aromatic rings. The van der Waals surface area contributed by atoms with Gasteiger partial charge in [-0.05, 0) is 52.9 Å². The van der Waals surface area contributed by atoms with E-state index in [1.54, 1.807) is 0 Å². The third-order valence-electron chi connectivity index (χ3n) is 3.13. The minimum absolute atomic E-state index is 0.0640. The molecule has 1 aromatic carbocycles. The number of hydrogen-bond donors (Lipinski definition) is 3. The first-order valence-electron chi connectivity index (χ1n) is 6.02. The molecule has 6 nitrogen and oxygen atoms in total. The molecule has 1 fully saturated rings. The van der Waals surface area contributed by atoms with Gasteiger partial charge in [0.1, 0.15) is 0 Å². The minimum atomic E-state index is -3.83. The SMILES string of the molecule is O=C(O)c1cc(S(=O)(=O)NCC(O)C2CC2)ccc1Br. The predicted octanol–water partition coefficient (Wildman–Crippen LogP) is 1.20. The molecule has 0 aromatic heterocycles. The Morgan fingerprint density at radius 2 is 2.10 bits per heavy atom. The van der Waals surface area contributed by atoms with Crippen LogP contribution in [0.5, 0.6) is 0 Å². The summed E-state index contributed by atoms with van der Waals surface area (Å²) >= 11 is 3.05. The highest BCUT2D eigenvalue weighted by Gasteiger charge is 2.30. The molecule has 20 heavy (non-hydrogen) atoms. The zero-order chi connectivity index (χ0) is 14.9. The number of aliphatic hydroxyl groups excluding tert-OH is 1. The van der Waals surface area contributed by atoms with Crippen molar-refractivity contribution in [1.82, 2.24) is 4.72 Å². The number of benzene rings is 1. The lowest BCUT2D eigenvalue weighted by Gasteiger charge is -2.12. The van der Waals surface area contributed by atoms with Gasteiger partial charge in [0, 0.05) is 11.0 Å². The van der Waals surface area contributed by atoms with Crippen LogP contribution in [-0.4, -0.2) is 37.2 Å². The molecule has 3 N–H and O–H groups in total. The number of carboxylic acid groups (broad SMARTS) is 1. The molecule has 110 valence electrons. The lowest BCUT2D eigenvalue weighted by Crippen LogP contribution is -2.33. The Hall–Kier alpha value is -0.960. The number of carboxylic acids is 1. The number of nitrogens with one attached hydrogen (secondary N) is 1. The molecular formula is C12H14BrNO5S. The van der Waals surface area contributed by atoms with Crippen LogP contribution < -0.4 is 4.72 Å². The molecule has 0 aliphatic heterocycles. The van der Waals surface area contributed by atoms with E-state index in [-0.39, 0.29) is 22.9 Å². The molecule has 0 radical (unpaired) electrons. The second kappa shape index (κ2) is 5.80. The summed E-state index contributed by atoms with van der Waals surface area (Å²) in [5.41, 5.74) is -0.129. The summed E-state index contributed by atoms with van der Waals surface area (Å²) in [5, 5.41) is 18.6. The first kappa shape index (κ1) is 15.4. The molecule has 1 atom stereocenters. The van der Waals surface area contributed by atoms with Gasteiger partial charge in [-0.2, -0.15) is 0 Å². The normalized spacial score (nSPS) is 16.9. The van der Waals surface area contributed by atoms with E-state index in [0.29, 0.717) is 4.47 Å². The van der Waals surface area contributed by atoms with E-state index in [9.17, 15) is 18.3 Å².